The lowest BCUT2D eigenvalue weighted by Crippen LogP contribution is -2.08. The second-order valence-electron chi connectivity index (χ2n) is 2.62. The average molecular weight is 165 g/mol. The van der Waals surface area contributed by atoms with Gasteiger partial charge in [-0.3, -0.25) is 10.1 Å². The lowest BCUT2D eigenvalue weighted by molar-refractivity contribution is 0.452. The van der Waals surface area contributed by atoms with Crippen LogP contribution in [0.2, 0.25) is 0 Å². The summed E-state index contributed by atoms with van der Waals surface area (Å²) in [5.74, 6) is 0.306. The maximum Gasteiger partial charge on any atom is 0.264 e. The molecule has 1 atom stereocenters. The van der Waals surface area contributed by atoms with Gasteiger partial charge in [0.05, 0.1) is 0 Å². The fourth-order valence-electron chi connectivity index (χ4n) is 0.917. The Labute approximate surface area is 62.1 Å². The Kier molecular flexibility index (Phi) is 4.18. The number of rotatable bonds is 4. The van der Waals surface area contributed by atoms with E-state index in [0.717, 1.165) is 12.8 Å². The minimum absolute atomic E-state index is 0.264. The first-order chi connectivity index (χ1) is 4.49. The van der Waals surface area contributed by atoms with Gasteiger partial charge in [-0.15, -0.1) is 0 Å². The summed E-state index contributed by atoms with van der Waals surface area (Å²) in [6, 6.07) is 0. The third kappa shape index (κ3) is 4.98. The Morgan fingerprint density at radius 2 is 1.90 bits per heavy atom. The highest BCUT2D eigenvalue weighted by molar-refractivity contribution is 7.55. The van der Waals surface area contributed by atoms with Gasteiger partial charge in [-0.2, -0.15) is 0 Å². The van der Waals surface area contributed by atoms with Crippen LogP contribution in [0.1, 0.15) is 26.7 Å². The van der Waals surface area contributed by atoms with Crippen molar-refractivity contribution in [2.45, 2.75) is 26.7 Å². The molecule has 0 aliphatic carbocycles. The van der Waals surface area contributed by atoms with E-state index in [9.17, 15) is 4.57 Å². The van der Waals surface area contributed by atoms with E-state index in [1.54, 1.807) is 0 Å². The van der Waals surface area contributed by atoms with Gasteiger partial charge in [0, 0.05) is 6.16 Å². The molecule has 0 bridgehead atoms. The molecule has 62 valence electrons. The Hall–Kier alpha value is 0.150. The van der Waals surface area contributed by atoms with Gasteiger partial charge < -0.3 is 4.89 Å². The highest BCUT2D eigenvalue weighted by Crippen LogP contribution is 2.34. The van der Waals surface area contributed by atoms with Crippen LogP contribution >= 0.6 is 7.52 Å². The summed E-state index contributed by atoms with van der Waals surface area (Å²) in [7, 11) is -3.25. The molecule has 10 heavy (non-hydrogen) atoms. The van der Waals surface area contributed by atoms with Gasteiger partial charge in [0.25, 0.3) is 7.52 Å². The molecule has 3 N–H and O–H groups in total. The third-order valence-corrected chi connectivity index (χ3v) is 2.71. The van der Waals surface area contributed by atoms with Crippen molar-refractivity contribution >= 4 is 7.52 Å². The topological polar surface area (TPSA) is 63.3 Å². The van der Waals surface area contributed by atoms with Crippen molar-refractivity contribution < 1.29 is 9.46 Å². The monoisotopic (exact) mass is 165 g/mol. The van der Waals surface area contributed by atoms with Crippen LogP contribution in [0.15, 0.2) is 0 Å². The van der Waals surface area contributed by atoms with Crippen molar-refractivity contribution in [2.24, 2.45) is 11.4 Å². The predicted molar refractivity (Wildman–Crippen MR) is 43.0 cm³/mol. The lowest BCUT2D eigenvalue weighted by atomic mass is 10.1. The van der Waals surface area contributed by atoms with E-state index in [1.807, 2.05) is 13.8 Å². The van der Waals surface area contributed by atoms with Crippen LogP contribution in [0.3, 0.4) is 0 Å². The van der Waals surface area contributed by atoms with Crippen molar-refractivity contribution in [1.29, 1.82) is 0 Å². The first kappa shape index (κ1) is 10.2. The molecule has 0 amide bonds. The van der Waals surface area contributed by atoms with Crippen molar-refractivity contribution in [2.75, 3.05) is 6.16 Å². The summed E-state index contributed by atoms with van der Waals surface area (Å²) < 4.78 is 10.7. The van der Waals surface area contributed by atoms with Crippen molar-refractivity contribution in [3.05, 3.63) is 0 Å². The quantitative estimate of drug-likeness (QED) is 0.621. The molecule has 0 rings (SSSR count). The lowest BCUT2D eigenvalue weighted by Gasteiger charge is -2.13. The first-order valence-corrected chi connectivity index (χ1v) is 5.51. The molecule has 4 heteroatoms. The molecular formula is C6H16NO2P. The molecule has 0 saturated heterocycles. The summed E-state index contributed by atoms with van der Waals surface area (Å²) in [4.78, 5) is 8.78. The van der Waals surface area contributed by atoms with Gasteiger partial charge >= 0.3 is 0 Å². The minimum Gasteiger partial charge on any atom is -0.333 e. The zero-order valence-corrected chi connectivity index (χ0v) is 7.47. The summed E-state index contributed by atoms with van der Waals surface area (Å²) in [5, 5.41) is 0. The molecular weight excluding hydrogens is 149 g/mol. The van der Waals surface area contributed by atoms with Crippen LogP contribution < -0.4 is 5.50 Å². The standard InChI is InChI=1S/C6H16NO2P/c1-3-6(4-2)5-10(7,8)9/h6H,3-5H2,1-2H3,(H3,7,8,9). The third-order valence-electron chi connectivity index (χ3n) is 1.67. The average Bonchev–Trinajstić information content (AvgIpc) is 1.81. The molecule has 0 saturated carbocycles. The van der Waals surface area contributed by atoms with Gasteiger partial charge in [0.1, 0.15) is 0 Å². The molecule has 0 aliphatic heterocycles. The molecule has 0 aliphatic rings. The van der Waals surface area contributed by atoms with Gasteiger partial charge in [-0.05, 0) is 5.92 Å². The Balaban J connectivity index is 3.75. The van der Waals surface area contributed by atoms with Crippen molar-refractivity contribution in [3.8, 4) is 0 Å². The van der Waals surface area contributed by atoms with Crippen LogP contribution in [0.4, 0.5) is 0 Å². The van der Waals surface area contributed by atoms with Crippen LogP contribution in [-0.2, 0) is 4.57 Å². The summed E-state index contributed by atoms with van der Waals surface area (Å²) in [6.07, 6.45) is 2.12. The zero-order chi connectivity index (χ0) is 8.20. The second kappa shape index (κ2) is 4.12. The minimum atomic E-state index is -3.25. The van der Waals surface area contributed by atoms with Crippen LogP contribution in [0.25, 0.3) is 0 Å². The van der Waals surface area contributed by atoms with E-state index in [1.165, 1.54) is 0 Å². The summed E-state index contributed by atoms with van der Waals surface area (Å²) >= 11 is 0. The Morgan fingerprint density at radius 3 is 2.00 bits per heavy atom. The molecule has 0 spiro atoms. The van der Waals surface area contributed by atoms with E-state index >= 15 is 0 Å². The van der Waals surface area contributed by atoms with Crippen LogP contribution in [-0.4, -0.2) is 11.1 Å². The van der Waals surface area contributed by atoms with E-state index in [2.05, 4.69) is 0 Å². The normalized spacial score (nSPS) is 17.3. The highest BCUT2D eigenvalue weighted by atomic mass is 31.2. The molecule has 0 radical (unpaired) electrons. The zero-order valence-electron chi connectivity index (χ0n) is 6.58. The molecule has 3 nitrogen and oxygen atoms in total. The smallest absolute Gasteiger partial charge is 0.264 e. The van der Waals surface area contributed by atoms with E-state index < -0.39 is 7.52 Å². The van der Waals surface area contributed by atoms with Gasteiger partial charge in [-0.1, -0.05) is 26.7 Å². The molecule has 0 aromatic rings. The highest BCUT2D eigenvalue weighted by Gasteiger charge is 2.16. The molecule has 0 heterocycles. The van der Waals surface area contributed by atoms with E-state index in [-0.39, 0.29) is 6.16 Å². The van der Waals surface area contributed by atoms with E-state index in [4.69, 9.17) is 10.4 Å². The molecule has 0 fully saturated rings. The fourth-order valence-corrected chi connectivity index (χ4v) is 2.17. The largest absolute Gasteiger partial charge is 0.333 e. The second-order valence-corrected chi connectivity index (χ2v) is 4.50. The first-order valence-electron chi connectivity index (χ1n) is 3.60. The number of hydrogen-bond donors (Lipinski definition) is 2. The molecule has 0 aromatic carbocycles. The molecule has 1 unspecified atom stereocenters. The van der Waals surface area contributed by atoms with E-state index in [0.29, 0.717) is 5.92 Å². The predicted octanol–water partition coefficient (Wildman–Crippen LogP) is 1.57. The fraction of sp³-hybridized carbons (Fsp3) is 1.00. The van der Waals surface area contributed by atoms with Crippen molar-refractivity contribution in [3.63, 3.8) is 0 Å². The van der Waals surface area contributed by atoms with Crippen LogP contribution in [0.5, 0.6) is 0 Å². The maximum atomic E-state index is 10.7. The Morgan fingerprint density at radius 1 is 1.50 bits per heavy atom. The van der Waals surface area contributed by atoms with Gasteiger partial charge in [0.15, 0.2) is 0 Å². The van der Waals surface area contributed by atoms with Crippen LogP contribution in [0, 0.1) is 5.92 Å². The number of nitrogens with two attached hydrogens (primary N) is 1. The Bertz CT molecular complexity index is 128. The number of hydrogen-bond acceptors (Lipinski definition) is 1. The van der Waals surface area contributed by atoms with Gasteiger partial charge in [-0.25, -0.2) is 0 Å². The van der Waals surface area contributed by atoms with Crippen molar-refractivity contribution in [1.82, 2.24) is 0 Å². The SMILES string of the molecule is CCC(CC)CP(N)(=O)O. The summed E-state index contributed by atoms with van der Waals surface area (Å²) in [6.45, 7) is 4.01. The molecule has 0 aromatic heterocycles. The maximum absolute atomic E-state index is 10.7. The summed E-state index contributed by atoms with van der Waals surface area (Å²) in [5.41, 5.74) is 5.00. The van der Waals surface area contributed by atoms with Gasteiger partial charge in [0.2, 0.25) is 0 Å².